The van der Waals surface area contributed by atoms with Gasteiger partial charge in [0.15, 0.2) is 0 Å². The fraction of sp³-hybridized carbons (Fsp3) is 0.533. The van der Waals surface area contributed by atoms with Crippen LogP contribution in [0.1, 0.15) is 19.3 Å². The Morgan fingerprint density at radius 1 is 1.28 bits per heavy atom. The summed E-state index contributed by atoms with van der Waals surface area (Å²) < 4.78 is 26.4. The van der Waals surface area contributed by atoms with E-state index in [9.17, 15) is 23.3 Å². The highest BCUT2D eigenvalue weighted by Gasteiger charge is 2.17. The third-order valence-electron chi connectivity index (χ3n) is 4.04. The number of carbonyl (C=O) groups excluding carboxylic acids is 1. The standard InChI is InChI=1S/C15H22N4O5S/c20-15(17-9-6-12-5-8-16-11-12)7-10-18-25(23,24)14-3-1-13(2-4-14)19(21)22/h1-4,12,16,18H,5-11H2,(H,17,20). The lowest BCUT2D eigenvalue weighted by Gasteiger charge is -2.10. The lowest BCUT2D eigenvalue weighted by atomic mass is 10.1. The number of nitrogens with one attached hydrogen (secondary N) is 3. The maximum Gasteiger partial charge on any atom is 0.269 e. The van der Waals surface area contributed by atoms with Crippen LogP contribution in [0.4, 0.5) is 5.69 Å². The van der Waals surface area contributed by atoms with Gasteiger partial charge in [-0.25, -0.2) is 13.1 Å². The second kappa shape index (κ2) is 8.88. The van der Waals surface area contributed by atoms with Gasteiger partial charge in [0.05, 0.1) is 9.82 Å². The molecule has 1 aromatic rings. The van der Waals surface area contributed by atoms with Gasteiger partial charge >= 0.3 is 0 Å². The average Bonchev–Trinajstić information content (AvgIpc) is 3.08. The van der Waals surface area contributed by atoms with Crippen LogP contribution >= 0.6 is 0 Å². The molecule has 25 heavy (non-hydrogen) atoms. The van der Waals surface area contributed by atoms with Gasteiger partial charge < -0.3 is 10.6 Å². The van der Waals surface area contributed by atoms with Crippen molar-refractivity contribution < 1.29 is 18.1 Å². The number of sulfonamides is 1. The molecule has 0 spiro atoms. The number of benzene rings is 1. The Labute approximate surface area is 146 Å². The molecular weight excluding hydrogens is 348 g/mol. The zero-order chi connectivity index (χ0) is 18.3. The van der Waals surface area contributed by atoms with Crippen LogP contribution in [0.25, 0.3) is 0 Å². The zero-order valence-corrected chi connectivity index (χ0v) is 14.5. The second-order valence-electron chi connectivity index (χ2n) is 5.90. The first kappa shape index (κ1) is 19.3. The van der Waals surface area contributed by atoms with E-state index in [1.54, 1.807) is 0 Å². The van der Waals surface area contributed by atoms with Crippen LogP contribution < -0.4 is 15.4 Å². The SMILES string of the molecule is O=C(CCNS(=O)(=O)c1ccc([N+](=O)[O-])cc1)NCCC1CCNC1. The quantitative estimate of drug-likeness (QED) is 0.425. The molecule has 1 saturated heterocycles. The summed E-state index contributed by atoms with van der Waals surface area (Å²) in [5.41, 5.74) is -0.184. The lowest BCUT2D eigenvalue weighted by Crippen LogP contribution is -2.31. The fourth-order valence-electron chi connectivity index (χ4n) is 2.59. The summed E-state index contributed by atoms with van der Waals surface area (Å²) in [5, 5.41) is 16.6. The van der Waals surface area contributed by atoms with E-state index in [2.05, 4.69) is 15.4 Å². The van der Waals surface area contributed by atoms with E-state index >= 15 is 0 Å². The van der Waals surface area contributed by atoms with E-state index in [0.717, 1.165) is 50.2 Å². The van der Waals surface area contributed by atoms with Crippen molar-refractivity contribution in [3.63, 3.8) is 0 Å². The van der Waals surface area contributed by atoms with Crippen LogP contribution in [0.3, 0.4) is 0 Å². The number of carbonyl (C=O) groups is 1. The van der Waals surface area contributed by atoms with E-state index in [-0.39, 0.29) is 29.5 Å². The van der Waals surface area contributed by atoms with Gasteiger partial charge in [0.2, 0.25) is 15.9 Å². The first-order valence-corrected chi connectivity index (χ1v) is 9.58. The van der Waals surface area contributed by atoms with Crippen LogP contribution in [0.5, 0.6) is 0 Å². The molecule has 0 aromatic heterocycles. The molecule has 1 aromatic carbocycles. The summed E-state index contributed by atoms with van der Waals surface area (Å²) in [7, 11) is -3.79. The summed E-state index contributed by atoms with van der Waals surface area (Å²) in [5.74, 6) is 0.373. The molecule has 1 fully saturated rings. The Morgan fingerprint density at radius 3 is 2.60 bits per heavy atom. The Balaban J connectivity index is 1.71. The molecule has 1 aliphatic rings. The first-order valence-electron chi connectivity index (χ1n) is 8.10. The summed E-state index contributed by atoms with van der Waals surface area (Å²) in [6.07, 6.45) is 2.06. The number of hydrogen-bond donors (Lipinski definition) is 3. The average molecular weight is 370 g/mol. The Bertz CT molecular complexity index is 699. The van der Waals surface area contributed by atoms with Gasteiger partial charge in [-0.3, -0.25) is 14.9 Å². The van der Waals surface area contributed by atoms with Crippen LogP contribution in [-0.4, -0.2) is 45.4 Å². The van der Waals surface area contributed by atoms with E-state index in [0.29, 0.717) is 12.5 Å². The molecule has 2 rings (SSSR count). The normalized spacial score (nSPS) is 17.4. The van der Waals surface area contributed by atoms with Gasteiger partial charge in [-0.05, 0) is 44.0 Å². The van der Waals surface area contributed by atoms with Crippen LogP contribution in [-0.2, 0) is 14.8 Å². The van der Waals surface area contributed by atoms with E-state index in [1.807, 2.05) is 0 Å². The van der Waals surface area contributed by atoms with Crippen molar-refractivity contribution in [2.24, 2.45) is 5.92 Å². The van der Waals surface area contributed by atoms with Gasteiger partial charge in [-0.1, -0.05) is 0 Å². The molecule has 0 aliphatic carbocycles. The molecule has 0 saturated carbocycles. The largest absolute Gasteiger partial charge is 0.356 e. The highest BCUT2D eigenvalue weighted by atomic mass is 32.2. The molecule has 1 aliphatic heterocycles. The van der Waals surface area contributed by atoms with Gasteiger partial charge in [0, 0.05) is 31.6 Å². The number of nitro groups is 1. The molecule has 1 amide bonds. The molecule has 1 atom stereocenters. The van der Waals surface area contributed by atoms with E-state index < -0.39 is 14.9 Å². The van der Waals surface area contributed by atoms with Crippen molar-refractivity contribution in [1.29, 1.82) is 0 Å². The molecule has 138 valence electrons. The van der Waals surface area contributed by atoms with E-state index in [1.165, 1.54) is 0 Å². The molecule has 1 unspecified atom stereocenters. The van der Waals surface area contributed by atoms with Crippen molar-refractivity contribution in [3.05, 3.63) is 34.4 Å². The number of hydrogen-bond acceptors (Lipinski definition) is 6. The molecule has 9 nitrogen and oxygen atoms in total. The third kappa shape index (κ3) is 6.07. The molecule has 1 heterocycles. The van der Waals surface area contributed by atoms with Crippen molar-refractivity contribution in [2.75, 3.05) is 26.2 Å². The summed E-state index contributed by atoms with van der Waals surface area (Å²) >= 11 is 0. The minimum Gasteiger partial charge on any atom is -0.356 e. The van der Waals surface area contributed by atoms with Crippen LogP contribution in [0.2, 0.25) is 0 Å². The summed E-state index contributed by atoms with van der Waals surface area (Å²) in [4.78, 5) is 21.6. The smallest absolute Gasteiger partial charge is 0.269 e. The predicted octanol–water partition coefficient (Wildman–Crippen LogP) is 0.379. The van der Waals surface area contributed by atoms with Crippen molar-refractivity contribution >= 4 is 21.6 Å². The number of nitro benzene ring substituents is 1. The lowest BCUT2D eigenvalue weighted by molar-refractivity contribution is -0.384. The van der Waals surface area contributed by atoms with Gasteiger partial charge in [0.25, 0.3) is 5.69 Å². The van der Waals surface area contributed by atoms with Crippen LogP contribution in [0.15, 0.2) is 29.2 Å². The maximum atomic E-state index is 12.1. The van der Waals surface area contributed by atoms with Gasteiger partial charge in [-0.2, -0.15) is 0 Å². The monoisotopic (exact) mass is 370 g/mol. The van der Waals surface area contributed by atoms with Crippen molar-refractivity contribution in [2.45, 2.75) is 24.2 Å². The zero-order valence-electron chi connectivity index (χ0n) is 13.7. The van der Waals surface area contributed by atoms with Crippen molar-refractivity contribution in [1.82, 2.24) is 15.4 Å². The maximum absolute atomic E-state index is 12.1. The highest BCUT2D eigenvalue weighted by Crippen LogP contribution is 2.15. The predicted molar refractivity (Wildman–Crippen MR) is 91.5 cm³/mol. The first-order chi connectivity index (χ1) is 11.9. The fourth-order valence-corrected chi connectivity index (χ4v) is 3.63. The number of nitrogens with zero attached hydrogens (tertiary/aromatic N) is 1. The third-order valence-corrected chi connectivity index (χ3v) is 5.52. The minimum absolute atomic E-state index is 0.0316. The Morgan fingerprint density at radius 2 is 2.00 bits per heavy atom. The molecule has 3 N–H and O–H groups in total. The highest BCUT2D eigenvalue weighted by molar-refractivity contribution is 7.89. The number of non-ortho nitro benzene ring substituents is 1. The Kier molecular flexibility index (Phi) is 6.85. The topological polar surface area (TPSA) is 130 Å². The number of amides is 1. The molecule has 0 radical (unpaired) electrons. The molecular formula is C15H22N4O5S. The van der Waals surface area contributed by atoms with Crippen molar-refractivity contribution in [3.8, 4) is 0 Å². The number of rotatable bonds is 9. The van der Waals surface area contributed by atoms with E-state index in [4.69, 9.17) is 0 Å². The van der Waals surface area contributed by atoms with Gasteiger partial charge in [0.1, 0.15) is 0 Å². The Hall–Kier alpha value is -2.04. The van der Waals surface area contributed by atoms with Gasteiger partial charge in [-0.15, -0.1) is 0 Å². The van der Waals surface area contributed by atoms with Crippen LogP contribution in [0, 0.1) is 16.0 Å². The molecule has 10 heteroatoms. The summed E-state index contributed by atoms with van der Waals surface area (Å²) in [6, 6.07) is 4.57. The molecule has 0 bridgehead atoms. The minimum atomic E-state index is -3.79. The second-order valence-corrected chi connectivity index (χ2v) is 7.66. The summed E-state index contributed by atoms with van der Waals surface area (Å²) in [6.45, 7) is 2.55.